The molecule has 0 unspecified atom stereocenters. The van der Waals surface area contributed by atoms with Crippen molar-refractivity contribution in [1.82, 2.24) is 0 Å². The second kappa shape index (κ2) is 7.92. The molecule has 2 heteroatoms. The third kappa shape index (κ3) is 4.66. The standard InChI is InChI=1S/C19H26O2/c1-6-8-17-11-16(9-10-18(17)15(5)20)12-19(21)14(4)13(3)7-2/h9-11H,6-8,12H2,1-5H3/b14-13-. The lowest BCUT2D eigenvalue weighted by atomic mass is 9.94. The number of Topliss-reactive ketones (excluding diaryl/α,β-unsaturated/α-hetero) is 2. The van der Waals surface area contributed by atoms with E-state index in [1.807, 2.05) is 32.0 Å². The van der Waals surface area contributed by atoms with Crippen molar-refractivity contribution in [3.8, 4) is 0 Å². The summed E-state index contributed by atoms with van der Waals surface area (Å²) in [5.41, 5.74) is 4.85. The summed E-state index contributed by atoms with van der Waals surface area (Å²) in [6.07, 6.45) is 3.19. The van der Waals surface area contributed by atoms with Gasteiger partial charge >= 0.3 is 0 Å². The van der Waals surface area contributed by atoms with Crippen molar-refractivity contribution in [3.05, 3.63) is 46.0 Å². The van der Waals surface area contributed by atoms with E-state index >= 15 is 0 Å². The molecule has 0 aliphatic carbocycles. The minimum atomic E-state index is 0.0919. The molecule has 0 saturated heterocycles. The Kier molecular flexibility index (Phi) is 6.54. The van der Waals surface area contributed by atoms with Gasteiger partial charge in [-0.2, -0.15) is 0 Å². The lowest BCUT2D eigenvalue weighted by molar-refractivity contribution is -0.115. The molecule has 0 aliphatic rings. The van der Waals surface area contributed by atoms with Gasteiger partial charge in [0.25, 0.3) is 0 Å². The molecule has 1 aromatic carbocycles. The van der Waals surface area contributed by atoms with Crippen LogP contribution in [0.1, 0.15) is 68.9 Å². The van der Waals surface area contributed by atoms with E-state index in [2.05, 4.69) is 13.8 Å². The number of hydrogen-bond donors (Lipinski definition) is 0. The number of rotatable bonds is 7. The monoisotopic (exact) mass is 286 g/mol. The molecular formula is C19H26O2. The van der Waals surface area contributed by atoms with Crippen LogP contribution in [0.15, 0.2) is 29.3 Å². The Balaban J connectivity index is 3.03. The normalized spacial score (nSPS) is 12.0. The van der Waals surface area contributed by atoms with E-state index < -0.39 is 0 Å². The van der Waals surface area contributed by atoms with Gasteiger partial charge in [0.15, 0.2) is 11.6 Å². The summed E-state index contributed by atoms with van der Waals surface area (Å²) >= 11 is 0. The summed E-state index contributed by atoms with van der Waals surface area (Å²) < 4.78 is 0. The SMILES string of the molecule is CCCc1cc(CC(=O)/C(C)=C(/C)CC)ccc1C(C)=O. The Hall–Kier alpha value is -1.70. The molecule has 0 aromatic heterocycles. The Morgan fingerprint density at radius 3 is 2.24 bits per heavy atom. The second-order valence-electron chi connectivity index (χ2n) is 5.66. The Labute approximate surface area is 128 Å². The van der Waals surface area contributed by atoms with Gasteiger partial charge in [-0.25, -0.2) is 0 Å². The van der Waals surface area contributed by atoms with Crippen molar-refractivity contribution in [2.24, 2.45) is 0 Å². The fourth-order valence-electron chi connectivity index (χ4n) is 2.40. The number of carbonyl (C=O) groups excluding carboxylic acids is 2. The zero-order chi connectivity index (χ0) is 16.0. The van der Waals surface area contributed by atoms with Crippen LogP contribution in [0.2, 0.25) is 0 Å². The second-order valence-corrected chi connectivity index (χ2v) is 5.66. The van der Waals surface area contributed by atoms with Gasteiger partial charge in [0.05, 0.1) is 0 Å². The van der Waals surface area contributed by atoms with E-state index in [1.54, 1.807) is 6.92 Å². The maximum Gasteiger partial charge on any atom is 0.162 e. The largest absolute Gasteiger partial charge is 0.295 e. The van der Waals surface area contributed by atoms with Gasteiger partial charge in [0.2, 0.25) is 0 Å². The van der Waals surface area contributed by atoms with Gasteiger partial charge < -0.3 is 0 Å². The molecule has 0 radical (unpaired) electrons. The minimum Gasteiger partial charge on any atom is -0.295 e. The first-order valence-electron chi connectivity index (χ1n) is 7.72. The predicted octanol–water partition coefficient (Wildman–Crippen LogP) is 4.70. The Morgan fingerprint density at radius 1 is 1.05 bits per heavy atom. The van der Waals surface area contributed by atoms with Crippen LogP contribution in [0.5, 0.6) is 0 Å². The summed E-state index contributed by atoms with van der Waals surface area (Å²) in [5, 5.41) is 0. The molecule has 0 spiro atoms. The molecule has 114 valence electrons. The quantitative estimate of drug-likeness (QED) is 0.538. The third-order valence-electron chi connectivity index (χ3n) is 4.02. The topological polar surface area (TPSA) is 34.1 Å². The Morgan fingerprint density at radius 2 is 1.71 bits per heavy atom. The highest BCUT2D eigenvalue weighted by molar-refractivity contribution is 5.98. The number of carbonyl (C=O) groups is 2. The van der Waals surface area contributed by atoms with Gasteiger partial charge in [-0.15, -0.1) is 0 Å². The predicted molar refractivity (Wildman–Crippen MR) is 87.8 cm³/mol. The first kappa shape index (κ1) is 17.4. The molecule has 0 saturated carbocycles. The number of benzene rings is 1. The molecule has 0 aliphatic heterocycles. The van der Waals surface area contributed by atoms with E-state index in [4.69, 9.17) is 0 Å². The third-order valence-corrected chi connectivity index (χ3v) is 4.02. The van der Waals surface area contributed by atoms with Crippen LogP contribution in [0, 0.1) is 0 Å². The van der Waals surface area contributed by atoms with Crippen molar-refractivity contribution in [2.75, 3.05) is 0 Å². The zero-order valence-corrected chi connectivity index (χ0v) is 13.9. The fraction of sp³-hybridized carbons (Fsp3) is 0.474. The molecule has 0 atom stereocenters. The number of ketones is 2. The average molecular weight is 286 g/mol. The van der Waals surface area contributed by atoms with Gasteiger partial charge in [0, 0.05) is 12.0 Å². The molecule has 1 rings (SSSR count). The molecule has 1 aromatic rings. The molecule has 0 heterocycles. The van der Waals surface area contributed by atoms with Crippen molar-refractivity contribution < 1.29 is 9.59 Å². The van der Waals surface area contributed by atoms with Gasteiger partial charge in [0.1, 0.15) is 0 Å². The highest BCUT2D eigenvalue weighted by atomic mass is 16.1. The van der Waals surface area contributed by atoms with E-state index in [0.717, 1.165) is 47.1 Å². The van der Waals surface area contributed by atoms with Crippen LogP contribution in [0.25, 0.3) is 0 Å². The molecule has 0 amide bonds. The molecular weight excluding hydrogens is 260 g/mol. The summed E-state index contributed by atoms with van der Waals surface area (Å²) in [6.45, 7) is 9.66. The maximum atomic E-state index is 12.3. The van der Waals surface area contributed by atoms with Crippen LogP contribution < -0.4 is 0 Å². The maximum absolute atomic E-state index is 12.3. The Bertz CT molecular complexity index is 565. The van der Waals surface area contributed by atoms with Crippen LogP contribution in [0.3, 0.4) is 0 Å². The van der Waals surface area contributed by atoms with Crippen LogP contribution in [-0.4, -0.2) is 11.6 Å². The van der Waals surface area contributed by atoms with E-state index in [9.17, 15) is 9.59 Å². The van der Waals surface area contributed by atoms with E-state index in [-0.39, 0.29) is 11.6 Å². The first-order valence-corrected chi connectivity index (χ1v) is 7.72. The van der Waals surface area contributed by atoms with Crippen molar-refractivity contribution in [3.63, 3.8) is 0 Å². The van der Waals surface area contributed by atoms with Crippen LogP contribution >= 0.6 is 0 Å². The molecule has 2 nitrogen and oxygen atoms in total. The highest BCUT2D eigenvalue weighted by Gasteiger charge is 2.12. The summed E-state index contributed by atoms with van der Waals surface area (Å²) in [6, 6.07) is 5.79. The summed E-state index contributed by atoms with van der Waals surface area (Å²) in [4.78, 5) is 23.9. The first-order chi connectivity index (χ1) is 9.90. The van der Waals surface area contributed by atoms with Crippen molar-refractivity contribution in [1.29, 1.82) is 0 Å². The number of aryl methyl sites for hydroxylation is 1. The lowest BCUT2D eigenvalue weighted by Crippen LogP contribution is -2.08. The van der Waals surface area contributed by atoms with E-state index in [1.165, 1.54) is 0 Å². The van der Waals surface area contributed by atoms with Crippen molar-refractivity contribution in [2.45, 2.75) is 60.3 Å². The molecule has 21 heavy (non-hydrogen) atoms. The number of hydrogen-bond acceptors (Lipinski definition) is 2. The van der Waals surface area contributed by atoms with Crippen LogP contribution in [-0.2, 0) is 17.6 Å². The minimum absolute atomic E-state index is 0.0919. The summed E-state index contributed by atoms with van der Waals surface area (Å²) in [5.74, 6) is 0.265. The average Bonchev–Trinajstić information content (AvgIpc) is 2.45. The van der Waals surface area contributed by atoms with Crippen molar-refractivity contribution >= 4 is 11.6 Å². The number of allylic oxidation sites excluding steroid dienone is 2. The zero-order valence-electron chi connectivity index (χ0n) is 13.9. The van der Waals surface area contributed by atoms with Gasteiger partial charge in [-0.3, -0.25) is 9.59 Å². The van der Waals surface area contributed by atoms with Crippen LogP contribution in [0.4, 0.5) is 0 Å². The lowest BCUT2D eigenvalue weighted by Gasteiger charge is -2.10. The van der Waals surface area contributed by atoms with E-state index in [0.29, 0.717) is 6.42 Å². The summed E-state index contributed by atoms with van der Waals surface area (Å²) in [7, 11) is 0. The molecule has 0 fully saturated rings. The highest BCUT2D eigenvalue weighted by Crippen LogP contribution is 2.18. The van der Waals surface area contributed by atoms with Gasteiger partial charge in [-0.05, 0) is 50.3 Å². The molecule has 0 N–H and O–H groups in total. The smallest absolute Gasteiger partial charge is 0.162 e. The van der Waals surface area contributed by atoms with Gasteiger partial charge in [-0.1, -0.05) is 44.0 Å². The fourth-order valence-corrected chi connectivity index (χ4v) is 2.40. The molecule has 0 bridgehead atoms.